The van der Waals surface area contributed by atoms with Gasteiger partial charge < -0.3 is 25.2 Å². The van der Waals surface area contributed by atoms with Gasteiger partial charge in [-0.3, -0.25) is 14.4 Å². The second-order valence-corrected chi connectivity index (χ2v) is 4.14. The van der Waals surface area contributed by atoms with E-state index in [-0.39, 0.29) is 13.2 Å². The molecule has 120 valence electrons. The lowest BCUT2D eigenvalue weighted by Crippen LogP contribution is -2.40. The number of aliphatic carboxylic acids is 1. The number of hydrogen-bond acceptors (Lipinski definition) is 5. The van der Waals surface area contributed by atoms with Crippen LogP contribution < -0.4 is 20.1 Å². The fourth-order valence-corrected chi connectivity index (χ4v) is 1.41. The van der Waals surface area contributed by atoms with E-state index in [1.54, 1.807) is 24.3 Å². The van der Waals surface area contributed by atoms with E-state index in [1.165, 1.54) is 0 Å². The van der Waals surface area contributed by atoms with Gasteiger partial charge in [-0.25, -0.2) is 0 Å². The highest BCUT2D eigenvalue weighted by atomic mass is 16.5. The highest BCUT2D eigenvalue weighted by Crippen LogP contribution is 2.17. The average molecular weight is 310 g/mol. The van der Waals surface area contributed by atoms with Crippen LogP contribution in [0.3, 0.4) is 0 Å². The van der Waals surface area contributed by atoms with Crippen molar-refractivity contribution < 1.29 is 29.0 Å². The van der Waals surface area contributed by atoms with E-state index >= 15 is 0 Å². The monoisotopic (exact) mass is 310 g/mol. The Balaban J connectivity index is 2.25. The van der Waals surface area contributed by atoms with Gasteiger partial charge in [0.2, 0.25) is 5.91 Å². The maximum Gasteiger partial charge on any atom is 0.322 e. The molecule has 0 bridgehead atoms. The summed E-state index contributed by atoms with van der Waals surface area (Å²) >= 11 is 0. The highest BCUT2D eigenvalue weighted by Gasteiger charge is 2.07. The third-order valence-corrected chi connectivity index (χ3v) is 2.39. The summed E-state index contributed by atoms with van der Waals surface area (Å²) in [5.41, 5.74) is 0. The van der Waals surface area contributed by atoms with Crippen molar-refractivity contribution >= 4 is 17.8 Å². The molecule has 0 radical (unpaired) electrons. The van der Waals surface area contributed by atoms with Gasteiger partial charge in [0.25, 0.3) is 5.91 Å². The minimum Gasteiger partial charge on any atom is -0.494 e. The zero-order valence-electron chi connectivity index (χ0n) is 12.1. The van der Waals surface area contributed by atoms with Crippen molar-refractivity contribution in [3.05, 3.63) is 24.3 Å². The molecule has 0 fully saturated rings. The summed E-state index contributed by atoms with van der Waals surface area (Å²) < 4.78 is 10.5. The van der Waals surface area contributed by atoms with Crippen molar-refractivity contribution in [1.82, 2.24) is 10.6 Å². The second-order valence-electron chi connectivity index (χ2n) is 4.14. The number of amides is 2. The Morgan fingerprint density at radius 3 is 2.05 bits per heavy atom. The Morgan fingerprint density at radius 2 is 1.50 bits per heavy atom. The van der Waals surface area contributed by atoms with E-state index in [4.69, 9.17) is 14.6 Å². The number of benzene rings is 1. The predicted molar refractivity (Wildman–Crippen MR) is 76.8 cm³/mol. The number of nitrogens with one attached hydrogen (secondary N) is 2. The fraction of sp³-hybridized carbons (Fsp3) is 0.357. The first-order valence-electron chi connectivity index (χ1n) is 6.62. The third kappa shape index (κ3) is 7.13. The van der Waals surface area contributed by atoms with Gasteiger partial charge in [0.05, 0.1) is 13.2 Å². The highest BCUT2D eigenvalue weighted by molar-refractivity contribution is 5.87. The van der Waals surface area contributed by atoms with Crippen LogP contribution in [-0.4, -0.2) is 49.2 Å². The zero-order valence-corrected chi connectivity index (χ0v) is 12.1. The Morgan fingerprint density at radius 1 is 0.955 bits per heavy atom. The third-order valence-electron chi connectivity index (χ3n) is 2.39. The van der Waals surface area contributed by atoms with Gasteiger partial charge in [-0.2, -0.15) is 0 Å². The van der Waals surface area contributed by atoms with Crippen LogP contribution in [0.2, 0.25) is 0 Å². The van der Waals surface area contributed by atoms with Gasteiger partial charge in [0, 0.05) is 0 Å². The van der Waals surface area contributed by atoms with E-state index < -0.39 is 24.3 Å². The van der Waals surface area contributed by atoms with Crippen molar-refractivity contribution in [3.8, 4) is 11.5 Å². The molecule has 0 unspecified atom stereocenters. The molecule has 1 aromatic rings. The number of hydrogen-bond donors (Lipinski definition) is 3. The minimum atomic E-state index is -1.15. The normalized spacial score (nSPS) is 9.68. The molecule has 8 heteroatoms. The van der Waals surface area contributed by atoms with Crippen LogP contribution in [0.5, 0.6) is 11.5 Å². The number of ether oxygens (including phenoxy) is 2. The summed E-state index contributed by atoms with van der Waals surface area (Å²) in [6, 6.07) is 6.77. The van der Waals surface area contributed by atoms with Crippen LogP contribution in [0.25, 0.3) is 0 Å². The largest absolute Gasteiger partial charge is 0.494 e. The molecule has 0 atom stereocenters. The van der Waals surface area contributed by atoms with Crippen molar-refractivity contribution in [2.45, 2.75) is 6.92 Å². The molecule has 0 aliphatic heterocycles. The maximum absolute atomic E-state index is 11.5. The summed E-state index contributed by atoms with van der Waals surface area (Å²) in [7, 11) is 0. The molecule has 0 spiro atoms. The lowest BCUT2D eigenvalue weighted by atomic mass is 10.3. The molecular weight excluding hydrogens is 292 g/mol. The number of carboxylic acids is 1. The molecule has 0 saturated heterocycles. The fourth-order valence-electron chi connectivity index (χ4n) is 1.41. The minimum absolute atomic E-state index is 0.250. The Kier molecular flexibility index (Phi) is 7.24. The first kappa shape index (κ1) is 17.3. The Labute approximate surface area is 127 Å². The zero-order chi connectivity index (χ0) is 16.4. The van der Waals surface area contributed by atoms with E-state index in [0.717, 1.165) is 0 Å². The first-order chi connectivity index (χ1) is 10.5. The molecule has 8 nitrogen and oxygen atoms in total. The van der Waals surface area contributed by atoms with E-state index in [9.17, 15) is 14.4 Å². The van der Waals surface area contributed by atoms with E-state index in [1.807, 2.05) is 6.92 Å². The van der Waals surface area contributed by atoms with Crippen molar-refractivity contribution in [2.75, 3.05) is 26.3 Å². The van der Waals surface area contributed by atoms with Gasteiger partial charge in [-0.15, -0.1) is 0 Å². The van der Waals surface area contributed by atoms with Crippen LogP contribution in [-0.2, 0) is 14.4 Å². The van der Waals surface area contributed by atoms with Gasteiger partial charge in [-0.05, 0) is 31.2 Å². The maximum atomic E-state index is 11.5. The number of carbonyl (C=O) groups is 3. The Bertz CT molecular complexity index is 515. The van der Waals surface area contributed by atoms with Gasteiger partial charge >= 0.3 is 5.97 Å². The average Bonchev–Trinajstić information content (AvgIpc) is 2.50. The summed E-state index contributed by atoms with van der Waals surface area (Å²) in [6.07, 6.45) is 0. The molecule has 1 rings (SSSR count). The molecule has 2 amide bonds. The van der Waals surface area contributed by atoms with Gasteiger partial charge in [0.15, 0.2) is 6.61 Å². The number of carbonyl (C=O) groups excluding carboxylic acids is 2. The summed E-state index contributed by atoms with van der Waals surface area (Å²) in [5.74, 6) is -1.03. The SMILES string of the molecule is CCOc1ccc(OCC(=O)NCC(=O)NCC(=O)O)cc1. The molecule has 0 aliphatic carbocycles. The summed E-state index contributed by atoms with van der Waals surface area (Å²) in [6.45, 7) is 1.39. The molecule has 0 saturated carbocycles. The topological polar surface area (TPSA) is 114 Å². The lowest BCUT2D eigenvalue weighted by molar-refractivity contribution is -0.137. The quantitative estimate of drug-likeness (QED) is 0.581. The van der Waals surface area contributed by atoms with Crippen LogP contribution in [0.4, 0.5) is 0 Å². The van der Waals surface area contributed by atoms with E-state index in [0.29, 0.717) is 18.1 Å². The van der Waals surface area contributed by atoms with Crippen LogP contribution in [0, 0.1) is 0 Å². The van der Waals surface area contributed by atoms with Gasteiger partial charge in [-0.1, -0.05) is 0 Å². The predicted octanol–water partition coefficient (Wildman–Crippen LogP) is -0.219. The first-order valence-corrected chi connectivity index (χ1v) is 6.62. The number of rotatable bonds is 9. The summed E-state index contributed by atoms with van der Waals surface area (Å²) in [5, 5.41) is 12.8. The molecule has 0 heterocycles. The molecule has 3 N–H and O–H groups in total. The lowest BCUT2D eigenvalue weighted by Gasteiger charge is -2.08. The van der Waals surface area contributed by atoms with Crippen LogP contribution >= 0.6 is 0 Å². The molecule has 0 aliphatic rings. The number of carboxylic acid groups (broad SMARTS) is 1. The van der Waals surface area contributed by atoms with Gasteiger partial charge in [0.1, 0.15) is 18.0 Å². The second kappa shape index (κ2) is 9.22. The van der Waals surface area contributed by atoms with E-state index in [2.05, 4.69) is 10.6 Å². The molecule has 1 aromatic carbocycles. The summed E-state index contributed by atoms with van der Waals surface area (Å²) in [4.78, 5) is 32.9. The standard InChI is InChI=1S/C14H18N2O6/c1-2-21-10-3-5-11(6-4-10)22-9-13(18)15-7-12(17)16-8-14(19)20/h3-6H,2,7-9H2,1H3,(H,15,18)(H,16,17)(H,19,20). The molecule has 0 aromatic heterocycles. The smallest absolute Gasteiger partial charge is 0.322 e. The molecule has 22 heavy (non-hydrogen) atoms. The van der Waals surface area contributed by atoms with Crippen molar-refractivity contribution in [3.63, 3.8) is 0 Å². The van der Waals surface area contributed by atoms with Crippen molar-refractivity contribution in [2.24, 2.45) is 0 Å². The Hall–Kier alpha value is -2.77. The van der Waals surface area contributed by atoms with Crippen LogP contribution in [0.1, 0.15) is 6.92 Å². The molecular formula is C14H18N2O6. The van der Waals surface area contributed by atoms with Crippen molar-refractivity contribution in [1.29, 1.82) is 0 Å². The van der Waals surface area contributed by atoms with Crippen LogP contribution in [0.15, 0.2) is 24.3 Å².